The number of nitrogens with zero attached hydrogens (tertiary/aromatic N) is 1. The maximum atomic E-state index is 8.71. The maximum absolute atomic E-state index is 8.71. The predicted molar refractivity (Wildman–Crippen MR) is 130 cm³/mol. The van der Waals surface area contributed by atoms with Crippen molar-refractivity contribution < 1.29 is 9.15 Å². The lowest BCUT2D eigenvalue weighted by atomic mass is 9.81. The summed E-state index contributed by atoms with van der Waals surface area (Å²) in [5.74, 6) is 2.59. The monoisotopic (exact) mass is 436 g/mol. The number of furan rings is 1. The van der Waals surface area contributed by atoms with Crippen LogP contribution in [0.3, 0.4) is 0 Å². The Morgan fingerprint density at radius 3 is 2.81 bits per heavy atom. The first-order chi connectivity index (χ1) is 15.5. The molecule has 1 fully saturated rings. The Hall–Kier alpha value is -1.94. The standard InChI is InChI=1S/C28H40N2O2/c1-5-8-23-22-12-14-31-17-24(22)28(18(2)3)30-25(23)16-20-9-6-10-21(19(4)15-20)27(29)26-11-7-13-32-26/h7,11,13,18-21,29H,5-6,8-10,12,14-17H2,1-4H3. The van der Waals surface area contributed by atoms with Crippen LogP contribution in [0.15, 0.2) is 22.8 Å². The van der Waals surface area contributed by atoms with Gasteiger partial charge < -0.3 is 14.6 Å². The zero-order valence-electron chi connectivity index (χ0n) is 20.4. The topological polar surface area (TPSA) is 59.1 Å². The minimum atomic E-state index is 0.293. The van der Waals surface area contributed by atoms with E-state index in [0.717, 1.165) is 57.5 Å². The molecule has 1 N–H and O–H groups in total. The molecule has 0 amide bonds. The van der Waals surface area contributed by atoms with Crippen LogP contribution in [0.25, 0.3) is 0 Å². The third-order valence-electron chi connectivity index (χ3n) is 7.59. The highest BCUT2D eigenvalue weighted by atomic mass is 16.5. The van der Waals surface area contributed by atoms with Crippen molar-refractivity contribution in [2.24, 2.45) is 17.8 Å². The number of rotatable bonds is 7. The van der Waals surface area contributed by atoms with Crippen molar-refractivity contribution >= 4 is 5.71 Å². The minimum absolute atomic E-state index is 0.293. The van der Waals surface area contributed by atoms with Gasteiger partial charge in [-0.3, -0.25) is 4.98 Å². The highest BCUT2D eigenvalue weighted by molar-refractivity contribution is 5.97. The molecule has 2 aromatic rings. The van der Waals surface area contributed by atoms with Crippen LogP contribution in [0.2, 0.25) is 0 Å². The summed E-state index contributed by atoms with van der Waals surface area (Å²) >= 11 is 0. The summed E-state index contributed by atoms with van der Waals surface area (Å²) in [6.07, 6.45) is 10.7. The summed E-state index contributed by atoms with van der Waals surface area (Å²) < 4.78 is 11.4. The van der Waals surface area contributed by atoms with Gasteiger partial charge in [-0.15, -0.1) is 0 Å². The second kappa shape index (κ2) is 10.3. The molecule has 4 heteroatoms. The third kappa shape index (κ3) is 4.85. The van der Waals surface area contributed by atoms with E-state index >= 15 is 0 Å². The Morgan fingerprint density at radius 2 is 2.09 bits per heavy atom. The lowest BCUT2D eigenvalue weighted by molar-refractivity contribution is 0.109. The fraction of sp³-hybridized carbons (Fsp3) is 0.643. The summed E-state index contributed by atoms with van der Waals surface area (Å²) in [5, 5.41) is 8.71. The van der Waals surface area contributed by atoms with E-state index in [0.29, 0.717) is 29.4 Å². The van der Waals surface area contributed by atoms with E-state index in [1.165, 1.54) is 35.4 Å². The molecule has 3 atom stereocenters. The number of hydrogen-bond acceptors (Lipinski definition) is 4. The molecule has 0 spiro atoms. The second-order valence-electron chi connectivity index (χ2n) is 10.3. The fourth-order valence-corrected chi connectivity index (χ4v) is 6.02. The molecule has 1 saturated carbocycles. The van der Waals surface area contributed by atoms with Crippen molar-refractivity contribution in [3.63, 3.8) is 0 Å². The van der Waals surface area contributed by atoms with Crippen molar-refractivity contribution in [3.05, 3.63) is 52.2 Å². The molecular weight excluding hydrogens is 396 g/mol. The molecule has 4 nitrogen and oxygen atoms in total. The molecule has 3 heterocycles. The molecule has 2 aromatic heterocycles. The van der Waals surface area contributed by atoms with Crippen molar-refractivity contribution in [1.29, 1.82) is 5.41 Å². The van der Waals surface area contributed by atoms with Crippen molar-refractivity contribution in [2.75, 3.05) is 6.61 Å². The van der Waals surface area contributed by atoms with Gasteiger partial charge in [-0.05, 0) is 73.1 Å². The average molecular weight is 437 g/mol. The van der Waals surface area contributed by atoms with Crippen LogP contribution in [0, 0.1) is 23.2 Å². The lowest BCUT2D eigenvalue weighted by Crippen LogP contribution is -2.23. The Balaban J connectivity index is 1.58. The number of nitrogens with one attached hydrogen (secondary N) is 1. The van der Waals surface area contributed by atoms with E-state index in [1.807, 2.05) is 12.1 Å². The first-order valence-corrected chi connectivity index (χ1v) is 12.7. The van der Waals surface area contributed by atoms with E-state index < -0.39 is 0 Å². The first kappa shape index (κ1) is 23.2. The summed E-state index contributed by atoms with van der Waals surface area (Å²) in [5.41, 5.74) is 7.74. The number of pyridine rings is 1. The molecular formula is C28H40N2O2. The fourth-order valence-electron chi connectivity index (χ4n) is 6.02. The molecule has 1 aliphatic carbocycles. The van der Waals surface area contributed by atoms with E-state index in [1.54, 1.807) is 11.8 Å². The zero-order chi connectivity index (χ0) is 22.7. The van der Waals surface area contributed by atoms with E-state index in [-0.39, 0.29) is 0 Å². The van der Waals surface area contributed by atoms with E-state index in [2.05, 4.69) is 27.7 Å². The van der Waals surface area contributed by atoms with Gasteiger partial charge in [0.05, 0.1) is 25.2 Å². The quantitative estimate of drug-likeness (QED) is 0.380. The van der Waals surface area contributed by atoms with Gasteiger partial charge in [-0.25, -0.2) is 0 Å². The van der Waals surface area contributed by atoms with Gasteiger partial charge >= 0.3 is 0 Å². The van der Waals surface area contributed by atoms with Crippen LogP contribution in [0.4, 0.5) is 0 Å². The van der Waals surface area contributed by atoms with Crippen LogP contribution in [-0.2, 0) is 30.6 Å². The Bertz CT molecular complexity index is 916. The van der Waals surface area contributed by atoms with Crippen LogP contribution >= 0.6 is 0 Å². The normalized spacial score (nSPS) is 23.7. The van der Waals surface area contributed by atoms with Gasteiger partial charge in [-0.1, -0.05) is 47.0 Å². The largest absolute Gasteiger partial charge is 0.463 e. The van der Waals surface area contributed by atoms with Gasteiger partial charge in [0, 0.05) is 22.9 Å². The number of aromatic nitrogens is 1. The predicted octanol–water partition coefficient (Wildman–Crippen LogP) is 6.88. The molecule has 32 heavy (non-hydrogen) atoms. The molecule has 0 bridgehead atoms. The highest BCUT2D eigenvalue weighted by Gasteiger charge is 2.31. The number of fused-ring (bicyclic) bond motifs is 1. The molecule has 0 aromatic carbocycles. The smallest absolute Gasteiger partial charge is 0.147 e. The zero-order valence-corrected chi connectivity index (χ0v) is 20.4. The Kier molecular flexibility index (Phi) is 7.50. The van der Waals surface area contributed by atoms with Crippen molar-refractivity contribution in [1.82, 2.24) is 4.98 Å². The lowest BCUT2D eigenvalue weighted by Gasteiger charge is -2.28. The number of ether oxygens (including phenoxy) is 1. The third-order valence-corrected chi connectivity index (χ3v) is 7.59. The van der Waals surface area contributed by atoms with Gasteiger partial charge in [0.25, 0.3) is 0 Å². The highest BCUT2D eigenvalue weighted by Crippen LogP contribution is 2.37. The SMILES string of the molecule is CCCc1c(CC2CCCC(C(=N)c3ccco3)C(C)C2)nc(C(C)C)c2c1CCOC2. The Morgan fingerprint density at radius 1 is 1.25 bits per heavy atom. The Labute approximate surface area is 193 Å². The molecule has 0 radical (unpaired) electrons. The van der Waals surface area contributed by atoms with E-state index in [9.17, 15) is 0 Å². The van der Waals surface area contributed by atoms with Crippen molar-refractivity contribution in [2.45, 2.75) is 91.6 Å². The summed E-state index contributed by atoms with van der Waals surface area (Å²) in [6.45, 7) is 10.7. The average Bonchev–Trinajstić information content (AvgIpc) is 3.26. The summed E-state index contributed by atoms with van der Waals surface area (Å²) in [6, 6.07) is 3.82. The summed E-state index contributed by atoms with van der Waals surface area (Å²) in [7, 11) is 0. The van der Waals surface area contributed by atoms with Crippen LogP contribution in [0.5, 0.6) is 0 Å². The molecule has 3 unspecified atom stereocenters. The van der Waals surface area contributed by atoms with Crippen LogP contribution in [-0.4, -0.2) is 17.3 Å². The second-order valence-corrected chi connectivity index (χ2v) is 10.3. The van der Waals surface area contributed by atoms with E-state index in [4.69, 9.17) is 19.5 Å². The van der Waals surface area contributed by atoms with Gasteiger partial charge in [-0.2, -0.15) is 0 Å². The maximum Gasteiger partial charge on any atom is 0.147 e. The van der Waals surface area contributed by atoms with Gasteiger partial charge in [0.1, 0.15) is 5.76 Å². The van der Waals surface area contributed by atoms with Crippen molar-refractivity contribution in [3.8, 4) is 0 Å². The van der Waals surface area contributed by atoms with Gasteiger partial charge in [0.15, 0.2) is 0 Å². The van der Waals surface area contributed by atoms with Gasteiger partial charge in [0.2, 0.25) is 0 Å². The molecule has 174 valence electrons. The number of hydrogen-bond donors (Lipinski definition) is 1. The van der Waals surface area contributed by atoms with Crippen LogP contribution < -0.4 is 0 Å². The first-order valence-electron chi connectivity index (χ1n) is 12.7. The summed E-state index contributed by atoms with van der Waals surface area (Å²) in [4.78, 5) is 5.31. The minimum Gasteiger partial charge on any atom is -0.463 e. The molecule has 0 saturated heterocycles. The molecule has 2 aliphatic rings. The van der Waals surface area contributed by atoms with Crippen LogP contribution in [0.1, 0.15) is 99.6 Å². The molecule has 1 aliphatic heterocycles. The molecule has 4 rings (SSSR count).